The molecule has 0 fully saturated rings. The second-order valence-corrected chi connectivity index (χ2v) is 5.04. The Bertz CT molecular complexity index is 343. The maximum absolute atomic E-state index is 12.0. The molecule has 0 spiro atoms. The second-order valence-electron chi connectivity index (χ2n) is 3.20. The Balaban J connectivity index is 2.72. The summed E-state index contributed by atoms with van der Waals surface area (Å²) in [7, 11) is 1.83. The van der Waals surface area contributed by atoms with Crippen LogP contribution in [-0.2, 0) is 0 Å². The average molecular weight is 288 g/mol. The summed E-state index contributed by atoms with van der Waals surface area (Å²) in [6, 6.07) is 7.50. The fourth-order valence-electron chi connectivity index (χ4n) is 1.17. The van der Waals surface area contributed by atoms with E-state index in [4.69, 9.17) is 0 Å². The van der Waals surface area contributed by atoms with Crippen LogP contribution in [0.1, 0.15) is 10.4 Å². The number of amides is 1. The van der Waals surface area contributed by atoms with Gasteiger partial charge in [0.2, 0.25) is 0 Å². The highest BCUT2D eigenvalue weighted by Gasteiger charge is 2.13. The van der Waals surface area contributed by atoms with E-state index >= 15 is 0 Å². The molecule has 4 heteroatoms. The molecule has 0 aliphatic carbocycles. The molecule has 1 aromatic carbocycles. The van der Waals surface area contributed by atoms with Gasteiger partial charge in [-0.1, -0.05) is 12.1 Å². The predicted molar refractivity (Wildman–Crippen MR) is 69.5 cm³/mol. The van der Waals surface area contributed by atoms with Gasteiger partial charge < -0.3 is 4.90 Å². The predicted octanol–water partition coefficient (Wildman–Crippen LogP) is 2.88. The maximum Gasteiger partial charge on any atom is 0.254 e. The Morgan fingerprint density at radius 2 is 2.13 bits per heavy atom. The number of carbonyl (C=O) groups is 1. The first kappa shape index (κ1) is 12.6. The van der Waals surface area contributed by atoms with Crippen LogP contribution in [0.25, 0.3) is 0 Å². The number of rotatable bonds is 4. The first-order valence-corrected chi connectivity index (χ1v) is 6.84. The van der Waals surface area contributed by atoms with Crippen LogP contribution in [0.4, 0.5) is 0 Å². The molecule has 0 saturated heterocycles. The number of hydrogen-bond acceptors (Lipinski definition) is 2. The summed E-state index contributed by atoms with van der Waals surface area (Å²) in [4.78, 5) is 13.7. The molecule has 1 rings (SSSR count). The third-order valence-corrected chi connectivity index (χ3v) is 3.36. The van der Waals surface area contributed by atoms with E-state index in [1.807, 2.05) is 37.6 Å². The van der Waals surface area contributed by atoms with Crippen LogP contribution in [0.2, 0.25) is 0 Å². The third-order valence-electron chi connectivity index (χ3n) is 2.08. The molecule has 82 valence electrons. The smallest absolute Gasteiger partial charge is 0.254 e. The fraction of sp³-hybridized carbons (Fsp3) is 0.364. The van der Waals surface area contributed by atoms with Crippen LogP contribution in [0.5, 0.6) is 0 Å². The van der Waals surface area contributed by atoms with E-state index in [1.165, 1.54) is 0 Å². The Hall–Kier alpha value is -0.480. The van der Waals surface area contributed by atoms with Gasteiger partial charge in [-0.15, -0.1) is 0 Å². The van der Waals surface area contributed by atoms with Gasteiger partial charge in [-0.3, -0.25) is 4.79 Å². The van der Waals surface area contributed by atoms with Gasteiger partial charge >= 0.3 is 0 Å². The van der Waals surface area contributed by atoms with Crippen molar-refractivity contribution in [1.29, 1.82) is 0 Å². The lowest BCUT2D eigenvalue weighted by atomic mass is 10.2. The van der Waals surface area contributed by atoms with Crippen LogP contribution < -0.4 is 0 Å². The summed E-state index contributed by atoms with van der Waals surface area (Å²) in [5.74, 6) is 1.03. The Morgan fingerprint density at radius 1 is 1.47 bits per heavy atom. The molecule has 0 aromatic heterocycles. The summed E-state index contributed by atoms with van der Waals surface area (Å²) in [6.07, 6.45) is 2.04. The minimum Gasteiger partial charge on any atom is -0.341 e. The van der Waals surface area contributed by atoms with E-state index in [9.17, 15) is 4.79 Å². The van der Waals surface area contributed by atoms with Crippen LogP contribution in [0, 0.1) is 0 Å². The van der Waals surface area contributed by atoms with Crippen LogP contribution >= 0.6 is 27.7 Å². The Morgan fingerprint density at radius 3 is 2.73 bits per heavy atom. The molecule has 1 amide bonds. The van der Waals surface area contributed by atoms with Gasteiger partial charge in [-0.2, -0.15) is 11.8 Å². The quantitative estimate of drug-likeness (QED) is 0.849. The van der Waals surface area contributed by atoms with E-state index in [-0.39, 0.29) is 5.91 Å². The van der Waals surface area contributed by atoms with Crippen molar-refractivity contribution in [3.8, 4) is 0 Å². The number of hydrogen-bond donors (Lipinski definition) is 0. The van der Waals surface area contributed by atoms with E-state index in [1.54, 1.807) is 16.7 Å². The second kappa shape index (κ2) is 6.18. The Labute approximate surface area is 103 Å². The molecule has 2 nitrogen and oxygen atoms in total. The molecule has 0 unspecified atom stereocenters. The molecule has 0 atom stereocenters. The number of thioether (sulfide) groups is 1. The summed E-state index contributed by atoms with van der Waals surface area (Å²) in [5, 5.41) is 0. The SMILES string of the molecule is CSCCN(C)C(=O)c1ccccc1Br. The summed E-state index contributed by atoms with van der Waals surface area (Å²) in [5.41, 5.74) is 0.723. The lowest BCUT2D eigenvalue weighted by molar-refractivity contribution is 0.0803. The van der Waals surface area contributed by atoms with Crippen molar-refractivity contribution in [2.45, 2.75) is 0 Å². The average Bonchev–Trinajstić information content (AvgIpc) is 2.25. The van der Waals surface area contributed by atoms with Crippen molar-refractivity contribution in [2.24, 2.45) is 0 Å². The number of carbonyl (C=O) groups excluding carboxylic acids is 1. The van der Waals surface area contributed by atoms with Gasteiger partial charge in [0.15, 0.2) is 0 Å². The van der Waals surface area contributed by atoms with Crippen LogP contribution in [0.15, 0.2) is 28.7 Å². The van der Waals surface area contributed by atoms with Crippen molar-refractivity contribution in [1.82, 2.24) is 4.90 Å². The highest BCUT2D eigenvalue weighted by molar-refractivity contribution is 9.10. The van der Waals surface area contributed by atoms with Crippen molar-refractivity contribution < 1.29 is 4.79 Å². The first-order chi connectivity index (χ1) is 7.16. The lowest BCUT2D eigenvalue weighted by Gasteiger charge is -2.17. The molecule has 0 aliphatic rings. The molecule has 15 heavy (non-hydrogen) atoms. The summed E-state index contributed by atoms with van der Waals surface area (Å²) >= 11 is 5.12. The molecule has 0 heterocycles. The van der Waals surface area contributed by atoms with E-state index in [0.717, 1.165) is 22.3 Å². The van der Waals surface area contributed by atoms with Crippen molar-refractivity contribution in [2.75, 3.05) is 25.6 Å². The monoisotopic (exact) mass is 287 g/mol. The van der Waals surface area contributed by atoms with Gasteiger partial charge in [0.05, 0.1) is 5.56 Å². The minimum atomic E-state index is 0.0662. The molecular formula is C11H14BrNOS. The molecule has 0 saturated carbocycles. The van der Waals surface area contributed by atoms with Crippen molar-refractivity contribution >= 4 is 33.6 Å². The van der Waals surface area contributed by atoms with Gasteiger partial charge in [0, 0.05) is 23.8 Å². The molecule has 1 aromatic rings. The zero-order valence-corrected chi connectivity index (χ0v) is 11.3. The number of halogens is 1. The molecule has 0 radical (unpaired) electrons. The van der Waals surface area contributed by atoms with Gasteiger partial charge in [-0.05, 0) is 34.3 Å². The highest BCUT2D eigenvalue weighted by atomic mass is 79.9. The number of nitrogens with zero attached hydrogens (tertiary/aromatic N) is 1. The number of benzene rings is 1. The zero-order chi connectivity index (χ0) is 11.3. The standard InChI is InChI=1S/C11H14BrNOS/c1-13(7-8-15-2)11(14)9-5-3-4-6-10(9)12/h3-6H,7-8H2,1-2H3. The zero-order valence-electron chi connectivity index (χ0n) is 8.87. The molecule has 0 aliphatic heterocycles. The lowest BCUT2D eigenvalue weighted by Crippen LogP contribution is -2.29. The maximum atomic E-state index is 12.0. The third kappa shape index (κ3) is 3.54. The molecule has 0 N–H and O–H groups in total. The van der Waals surface area contributed by atoms with Crippen molar-refractivity contribution in [3.63, 3.8) is 0 Å². The van der Waals surface area contributed by atoms with Gasteiger partial charge in [-0.25, -0.2) is 0 Å². The minimum absolute atomic E-state index is 0.0662. The van der Waals surface area contributed by atoms with E-state index in [2.05, 4.69) is 15.9 Å². The van der Waals surface area contributed by atoms with Gasteiger partial charge in [0.25, 0.3) is 5.91 Å². The Kier molecular flexibility index (Phi) is 5.19. The van der Waals surface area contributed by atoms with E-state index < -0.39 is 0 Å². The van der Waals surface area contributed by atoms with Crippen molar-refractivity contribution in [3.05, 3.63) is 34.3 Å². The van der Waals surface area contributed by atoms with Crippen LogP contribution in [-0.4, -0.2) is 36.4 Å². The summed E-state index contributed by atoms with van der Waals surface area (Å²) in [6.45, 7) is 0.779. The highest BCUT2D eigenvalue weighted by Crippen LogP contribution is 2.17. The van der Waals surface area contributed by atoms with Crippen LogP contribution in [0.3, 0.4) is 0 Å². The topological polar surface area (TPSA) is 20.3 Å². The largest absolute Gasteiger partial charge is 0.341 e. The van der Waals surface area contributed by atoms with Gasteiger partial charge in [0.1, 0.15) is 0 Å². The molecular weight excluding hydrogens is 274 g/mol. The van der Waals surface area contributed by atoms with E-state index in [0.29, 0.717) is 0 Å². The first-order valence-electron chi connectivity index (χ1n) is 4.65. The normalized spacial score (nSPS) is 10.1. The fourth-order valence-corrected chi connectivity index (χ4v) is 2.08. The summed E-state index contributed by atoms with van der Waals surface area (Å²) < 4.78 is 0.853. The molecule has 0 bridgehead atoms.